The van der Waals surface area contributed by atoms with Crippen LogP contribution < -0.4 is 10.6 Å². The van der Waals surface area contributed by atoms with Crippen molar-refractivity contribution in [3.63, 3.8) is 0 Å². The van der Waals surface area contributed by atoms with Crippen LogP contribution in [0.2, 0.25) is 0 Å². The van der Waals surface area contributed by atoms with Crippen LogP contribution in [0.15, 0.2) is 62.7 Å². The molecule has 8 nitrogen and oxygen atoms in total. The molecule has 0 unspecified atom stereocenters. The molecule has 8 heteroatoms. The average Bonchev–Trinajstić information content (AvgIpc) is 3.41. The molecule has 3 heterocycles. The van der Waals surface area contributed by atoms with Crippen LogP contribution in [0.4, 0.5) is 16.2 Å². The Morgan fingerprint density at radius 1 is 1.03 bits per heavy atom. The van der Waals surface area contributed by atoms with Crippen molar-refractivity contribution in [2.24, 2.45) is 20.2 Å². The largest absolute Gasteiger partial charge is 0.445 e. The number of likely N-dealkylation sites (tertiary alicyclic amines) is 1. The molecule has 0 radical (unpaired) electrons. The fraction of sp³-hybridized carbons (Fsp3) is 0.318. The molecule has 2 aromatic rings. The molecule has 5 rings (SSSR count). The summed E-state index contributed by atoms with van der Waals surface area (Å²) in [6, 6.07) is 13.5. The van der Waals surface area contributed by atoms with E-state index in [1.165, 1.54) is 0 Å². The molecule has 1 saturated heterocycles. The van der Waals surface area contributed by atoms with Gasteiger partial charge in [-0.25, -0.2) is 14.8 Å². The lowest BCUT2D eigenvalue weighted by Crippen LogP contribution is -2.41. The maximum atomic E-state index is 12.3. The van der Waals surface area contributed by atoms with Gasteiger partial charge in [0.1, 0.15) is 13.2 Å². The van der Waals surface area contributed by atoms with Gasteiger partial charge in [0, 0.05) is 18.3 Å². The Kier molecular flexibility index (Phi) is 5.06. The number of fused-ring (bicyclic) bond motifs is 2. The average molecular weight is 403 g/mol. The minimum atomic E-state index is -0.273. The molecule has 0 aromatic heterocycles. The van der Waals surface area contributed by atoms with E-state index in [-0.39, 0.29) is 12.2 Å². The maximum absolute atomic E-state index is 12.3. The predicted molar refractivity (Wildman–Crippen MR) is 110 cm³/mol. The van der Waals surface area contributed by atoms with Crippen LogP contribution in [-0.4, -0.2) is 42.6 Å². The third-order valence-corrected chi connectivity index (χ3v) is 5.34. The summed E-state index contributed by atoms with van der Waals surface area (Å²) in [5.41, 5.74) is 2.63. The number of hydrogen-bond donors (Lipinski definition) is 0. The zero-order chi connectivity index (χ0) is 20.3. The molecule has 3 aliphatic rings. The van der Waals surface area contributed by atoms with E-state index >= 15 is 0 Å². The highest BCUT2D eigenvalue weighted by Gasteiger charge is 2.25. The number of amidine groups is 1. The Bertz CT molecular complexity index is 1140. The summed E-state index contributed by atoms with van der Waals surface area (Å²) < 4.78 is 11.4. The zero-order valence-electron chi connectivity index (χ0n) is 16.4. The van der Waals surface area contributed by atoms with E-state index in [2.05, 4.69) is 20.2 Å². The molecular weight excluding hydrogens is 382 g/mol. The van der Waals surface area contributed by atoms with Gasteiger partial charge < -0.3 is 14.4 Å². The van der Waals surface area contributed by atoms with E-state index in [1.807, 2.05) is 42.5 Å². The van der Waals surface area contributed by atoms with Crippen LogP contribution >= 0.6 is 0 Å². The van der Waals surface area contributed by atoms with Crippen molar-refractivity contribution < 1.29 is 14.3 Å². The molecule has 0 N–H and O–H groups in total. The van der Waals surface area contributed by atoms with Gasteiger partial charge in [0.25, 0.3) is 0 Å². The quantitative estimate of drug-likeness (QED) is 0.769. The van der Waals surface area contributed by atoms with Gasteiger partial charge in [0.15, 0.2) is 5.84 Å². The van der Waals surface area contributed by atoms with Crippen molar-refractivity contribution in [2.75, 3.05) is 19.7 Å². The molecule has 0 atom stereocenters. The van der Waals surface area contributed by atoms with E-state index in [0.717, 1.165) is 40.4 Å². The Morgan fingerprint density at radius 3 is 2.70 bits per heavy atom. The van der Waals surface area contributed by atoms with E-state index in [9.17, 15) is 4.79 Å². The Hall–Kier alpha value is -3.39. The van der Waals surface area contributed by atoms with Gasteiger partial charge >= 0.3 is 6.09 Å². The first kappa shape index (κ1) is 18.6. The molecular formula is C22H21N5O3. The fourth-order valence-electron chi connectivity index (χ4n) is 3.68. The van der Waals surface area contributed by atoms with Gasteiger partial charge in [-0.05, 0) is 30.5 Å². The Labute approximate surface area is 173 Å². The molecule has 3 aliphatic heterocycles. The number of carbonyl (C=O) groups is 1. The van der Waals surface area contributed by atoms with Gasteiger partial charge in [-0.15, -0.1) is 0 Å². The predicted octanol–water partition coefficient (Wildman–Crippen LogP) is 3.00. The van der Waals surface area contributed by atoms with Crippen molar-refractivity contribution in [3.8, 4) is 0 Å². The first-order chi connectivity index (χ1) is 14.7. The third-order valence-electron chi connectivity index (χ3n) is 5.34. The third kappa shape index (κ3) is 3.99. The van der Waals surface area contributed by atoms with E-state index < -0.39 is 0 Å². The highest BCUT2D eigenvalue weighted by Crippen LogP contribution is 2.18. The number of ether oxygens (including phenoxy) is 2. The molecule has 1 fully saturated rings. The lowest BCUT2D eigenvalue weighted by Gasteiger charge is -2.31. The normalized spacial score (nSPS) is 17.1. The SMILES string of the molecule is O=C(OCc1ccccc1)N1CCC(OCC2=Nc3cc4c(cc3=N2)N=NC=4)CC1. The smallest absolute Gasteiger partial charge is 0.410 e. The summed E-state index contributed by atoms with van der Waals surface area (Å²) in [6.07, 6.45) is 3.06. The number of carbonyl (C=O) groups excluding carboxylic acids is 1. The second-order valence-electron chi connectivity index (χ2n) is 7.42. The Balaban J connectivity index is 1.08. The monoisotopic (exact) mass is 403 g/mol. The number of benzene rings is 2. The maximum Gasteiger partial charge on any atom is 0.410 e. The van der Waals surface area contributed by atoms with Gasteiger partial charge in [-0.2, -0.15) is 10.2 Å². The molecule has 0 spiro atoms. The second-order valence-corrected chi connectivity index (χ2v) is 7.42. The number of rotatable bonds is 5. The van der Waals surface area contributed by atoms with E-state index in [4.69, 9.17) is 9.47 Å². The Morgan fingerprint density at radius 2 is 1.87 bits per heavy atom. The summed E-state index contributed by atoms with van der Waals surface area (Å²) in [5.74, 6) is 0.662. The number of hydrogen-bond acceptors (Lipinski definition) is 7. The topological polar surface area (TPSA) is 88.2 Å². The van der Waals surface area contributed by atoms with Crippen LogP contribution in [0.1, 0.15) is 18.4 Å². The summed E-state index contributed by atoms with van der Waals surface area (Å²) in [4.78, 5) is 23.1. The van der Waals surface area contributed by atoms with Crippen molar-refractivity contribution in [1.82, 2.24) is 4.90 Å². The van der Waals surface area contributed by atoms with E-state index in [0.29, 0.717) is 32.1 Å². The number of nitrogens with zero attached hydrogens (tertiary/aromatic N) is 5. The molecule has 2 aromatic carbocycles. The highest BCUT2D eigenvalue weighted by atomic mass is 16.6. The molecule has 0 aliphatic carbocycles. The van der Waals surface area contributed by atoms with Crippen molar-refractivity contribution in [1.29, 1.82) is 0 Å². The molecule has 0 saturated carbocycles. The molecule has 152 valence electrons. The van der Waals surface area contributed by atoms with Gasteiger partial charge in [0.2, 0.25) is 0 Å². The summed E-state index contributed by atoms with van der Waals surface area (Å²) >= 11 is 0. The van der Waals surface area contributed by atoms with Crippen molar-refractivity contribution >= 4 is 29.5 Å². The summed E-state index contributed by atoms with van der Waals surface area (Å²) in [5, 5.41) is 9.72. The van der Waals surface area contributed by atoms with Crippen LogP contribution in [0.3, 0.4) is 0 Å². The molecule has 30 heavy (non-hydrogen) atoms. The van der Waals surface area contributed by atoms with Crippen LogP contribution in [0.25, 0.3) is 6.20 Å². The minimum absolute atomic E-state index is 0.0805. The fourth-order valence-corrected chi connectivity index (χ4v) is 3.68. The number of piperidine rings is 1. The minimum Gasteiger partial charge on any atom is -0.445 e. The highest BCUT2D eigenvalue weighted by molar-refractivity contribution is 5.89. The van der Waals surface area contributed by atoms with Crippen LogP contribution in [0, 0.1) is 0 Å². The second kappa shape index (κ2) is 8.16. The van der Waals surface area contributed by atoms with Crippen LogP contribution in [0.5, 0.6) is 0 Å². The molecule has 1 amide bonds. The van der Waals surface area contributed by atoms with Gasteiger partial charge in [-0.3, -0.25) is 0 Å². The first-order valence-corrected chi connectivity index (χ1v) is 10.0. The zero-order valence-corrected chi connectivity index (χ0v) is 16.4. The standard InChI is InChI=1S/C22H21N5O3/c28-22(30-13-15-4-2-1-3-5-15)27-8-6-17(7-9-27)29-14-21-24-19-10-16-12-23-26-18(16)11-20(19)25-21/h1-5,10-12,17H,6-9,13-14H2. The lowest BCUT2D eigenvalue weighted by atomic mass is 10.1. The van der Waals surface area contributed by atoms with E-state index in [1.54, 1.807) is 11.1 Å². The van der Waals surface area contributed by atoms with Crippen LogP contribution in [-0.2, 0) is 16.1 Å². The van der Waals surface area contributed by atoms with Crippen molar-refractivity contribution in [2.45, 2.75) is 25.6 Å². The summed E-state index contributed by atoms with van der Waals surface area (Å²) in [7, 11) is 0. The molecule has 0 bridgehead atoms. The van der Waals surface area contributed by atoms with Gasteiger partial charge in [-0.1, -0.05) is 30.3 Å². The van der Waals surface area contributed by atoms with Crippen molar-refractivity contribution in [3.05, 3.63) is 58.6 Å². The number of amides is 1. The summed E-state index contributed by atoms with van der Waals surface area (Å²) in [6.45, 7) is 1.89. The number of azo groups is 1. The van der Waals surface area contributed by atoms with Gasteiger partial charge in [0.05, 0.1) is 29.0 Å². The number of aliphatic imine (C=N–C) groups is 1. The lowest BCUT2D eigenvalue weighted by molar-refractivity contribution is 0.0209. The first-order valence-electron chi connectivity index (χ1n) is 10.0.